The fraction of sp³-hybridized carbons (Fsp3) is 0.417. The van der Waals surface area contributed by atoms with Crippen LogP contribution in [0.15, 0.2) is 72.9 Å². The van der Waals surface area contributed by atoms with Gasteiger partial charge in [0.05, 0.1) is 17.8 Å². The molecule has 1 aromatic heterocycles. The average Bonchev–Trinajstić information content (AvgIpc) is 3.39. The number of rotatable bonds is 10. The molecule has 5 rings (SSSR count). The molecular formula is C36H42N2O3. The molecule has 41 heavy (non-hydrogen) atoms. The zero-order valence-corrected chi connectivity index (χ0v) is 24.6. The summed E-state index contributed by atoms with van der Waals surface area (Å²) in [6.45, 7) is 6.71. The lowest BCUT2D eigenvalue weighted by atomic mass is 9.83. The number of aliphatic carboxylic acids is 1. The molecule has 0 radical (unpaired) electrons. The third kappa shape index (κ3) is 6.95. The highest BCUT2D eigenvalue weighted by Crippen LogP contribution is 2.36. The largest absolute Gasteiger partial charge is 0.481 e. The first-order valence-electron chi connectivity index (χ1n) is 15.1. The zero-order chi connectivity index (χ0) is 29.0. The summed E-state index contributed by atoms with van der Waals surface area (Å²) in [6.07, 6.45) is 10.1. The molecule has 3 aromatic carbocycles. The van der Waals surface area contributed by atoms with Gasteiger partial charge in [0.2, 0.25) is 0 Å². The average molecular weight is 551 g/mol. The van der Waals surface area contributed by atoms with E-state index in [2.05, 4.69) is 80.1 Å². The SMILES string of the molecule is CC(C)(C)c1ccc(-c2ccc3c(cnn3C(CC3CCCCC3)c3ccc(C(=O)CCCC(=O)O)cc3)c2)cc1. The van der Waals surface area contributed by atoms with Crippen molar-refractivity contribution in [3.63, 3.8) is 0 Å². The van der Waals surface area contributed by atoms with Gasteiger partial charge in [0.15, 0.2) is 5.78 Å². The van der Waals surface area contributed by atoms with Crippen LogP contribution in [0.1, 0.15) is 106 Å². The number of nitrogens with zero attached hydrogens (tertiary/aromatic N) is 2. The Kier molecular flexibility index (Phi) is 8.72. The number of carboxylic acid groups (broad SMARTS) is 1. The monoisotopic (exact) mass is 550 g/mol. The first kappa shape index (κ1) is 28.8. The van der Waals surface area contributed by atoms with Gasteiger partial charge in [-0.15, -0.1) is 0 Å². The maximum Gasteiger partial charge on any atom is 0.303 e. The number of hydrogen-bond donors (Lipinski definition) is 1. The molecule has 4 aromatic rings. The second kappa shape index (κ2) is 12.4. The molecule has 1 aliphatic carbocycles. The summed E-state index contributed by atoms with van der Waals surface area (Å²) in [5, 5.41) is 14.9. The Balaban J connectivity index is 1.42. The summed E-state index contributed by atoms with van der Waals surface area (Å²) in [5.41, 5.74) is 6.76. The Labute approximate surface area is 243 Å². The van der Waals surface area contributed by atoms with Crippen LogP contribution in [0.5, 0.6) is 0 Å². The molecule has 5 nitrogen and oxygen atoms in total. The third-order valence-electron chi connectivity index (χ3n) is 8.67. The minimum absolute atomic E-state index is 0.00534. The first-order chi connectivity index (χ1) is 19.7. The summed E-state index contributed by atoms with van der Waals surface area (Å²) in [7, 11) is 0. The van der Waals surface area contributed by atoms with Crippen molar-refractivity contribution >= 4 is 22.7 Å². The summed E-state index contributed by atoms with van der Waals surface area (Å²) in [6, 6.07) is 23.5. The molecule has 0 bridgehead atoms. The van der Waals surface area contributed by atoms with Crippen molar-refractivity contribution in [2.75, 3.05) is 0 Å². The Morgan fingerprint density at radius 3 is 2.24 bits per heavy atom. The van der Waals surface area contributed by atoms with E-state index in [-0.39, 0.29) is 30.1 Å². The molecule has 1 atom stereocenters. The molecule has 1 aliphatic rings. The van der Waals surface area contributed by atoms with E-state index < -0.39 is 5.97 Å². The van der Waals surface area contributed by atoms with Crippen molar-refractivity contribution in [3.05, 3.63) is 89.6 Å². The van der Waals surface area contributed by atoms with Crippen molar-refractivity contribution in [2.45, 2.75) is 90.0 Å². The molecule has 214 valence electrons. The molecule has 5 heteroatoms. The molecular weight excluding hydrogens is 508 g/mol. The predicted octanol–water partition coefficient (Wildman–Crippen LogP) is 9.00. The number of hydrogen-bond acceptors (Lipinski definition) is 3. The highest BCUT2D eigenvalue weighted by molar-refractivity contribution is 5.96. The molecule has 1 heterocycles. The Hall–Kier alpha value is -3.73. The second-order valence-corrected chi connectivity index (χ2v) is 12.7. The van der Waals surface area contributed by atoms with Gasteiger partial charge in [-0.2, -0.15) is 5.10 Å². The Morgan fingerprint density at radius 1 is 0.902 bits per heavy atom. The van der Waals surface area contributed by atoms with E-state index in [4.69, 9.17) is 10.2 Å². The lowest BCUT2D eigenvalue weighted by molar-refractivity contribution is -0.137. The molecule has 1 fully saturated rings. The number of fused-ring (bicyclic) bond motifs is 1. The van der Waals surface area contributed by atoms with Crippen molar-refractivity contribution in [1.82, 2.24) is 9.78 Å². The molecule has 0 amide bonds. The lowest BCUT2D eigenvalue weighted by Gasteiger charge is -2.28. The van der Waals surface area contributed by atoms with Gasteiger partial charge in [0.25, 0.3) is 0 Å². The van der Waals surface area contributed by atoms with E-state index in [1.54, 1.807) is 0 Å². The van der Waals surface area contributed by atoms with Gasteiger partial charge >= 0.3 is 5.97 Å². The second-order valence-electron chi connectivity index (χ2n) is 12.7. The zero-order valence-electron chi connectivity index (χ0n) is 24.6. The highest BCUT2D eigenvalue weighted by Gasteiger charge is 2.24. The van der Waals surface area contributed by atoms with Crippen LogP contribution in [0.25, 0.3) is 22.0 Å². The number of aromatic nitrogens is 2. The molecule has 0 aliphatic heterocycles. The summed E-state index contributed by atoms with van der Waals surface area (Å²) >= 11 is 0. The number of Topliss-reactive ketones (excluding diaryl/α,β-unsaturated/α-hetero) is 1. The van der Waals surface area contributed by atoms with E-state index in [9.17, 15) is 9.59 Å². The van der Waals surface area contributed by atoms with Gasteiger partial charge in [-0.25, -0.2) is 0 Å². The van der Waals surface area contributed by atoms with Crippen LogP contribution >= 0.6 is 0 Å². The molecule has 1 unspecified atom stereocenters. The van der Waals surface area contributed by atoms with Crippen molar-refractivity contribution < 1.29 is 14.7 Å². The summed E-state index contributed by atoms with van der Waals surface area (Å²) < 4.78 is 2.18. The number of benzene rings is 3. The summed E-state index contributed by atoms with van der Waals surface area (Å²) in [4.78, 5) is 23.5. The topological polar surface area (TPSA) is 72.2 Å². The van der Waals surface area contributed by atoms with Gasteiger partial charge in [-0.3, -0.25) is 14.3 Å². The van der Waals surface area contributed by atoms with Crippen LogP contribution in [0.2, 0.25) is 0 Å². The minimum Gasteiger partial charge on any atom is -0.481 e. The number of carbonyl (C=O) groups is 2. The van der Waals surface area contributed by atoms with Crippen LogP contribution in [-0.2, 0) is 10.2 Å². The third-order valence-corrected chi connectivity index (χ3v) is 8.67. The van der Waals surface area contributed by atoms with E-state index in [0.29, 0.717) is 17.9 Å². The fourth-order valence-corrected chi connectivity index (χ4v) is 6.20. The van der Waals surface area contributed by atoms with Gasteiger partial charge < -0.3 is 5.11 Å². The van der Waals surface area contributed by atoms with Gasteiger partial charge in [-0.1, -0.05) is 107 Å². The first-order valence-corrected chi connectivity index (χ1v) is 15.1. The van der Waals surface area contributed by atoms with Crippen molar-refractivity contribution in [1.29, 1.82) is 0 Å². The highest BCUT2D eigenvalue weighted by atomic mass is 16.4. The van der Waals surface area contributed by atoms with Crippen LogP contribution in [-0.4, -0.2) is 26.6 Å². The van der Waals surface area contributed by atoms with Gasteiger partial charge in [0, 0.05) is 23.8 Å². The number of ketones is 1. The lowest BCUT2D eigenvalue weighted by Crippen LogP contribution is -2.18. The smallest absolute Gasteiger partial charge is 0.303 e. The van der Waals surface area contributed by atoms with Crippen LogP contribution in [0.4, 0.5) is 0 Å². The van der Waals surface area contributed by atoms with Crippen LogP contribution < -0.4 is 0 Å². The normalized spacial score (nSPS) is 15.2. The molecule has 0 spiro atoms. The quantitative estimate of drug-likeness (QED) is 0.200. The number of carboxylic acids is 1. The van der Waals surface area contributed by atoms with Gasteiger partial charge in [-0.05, 0) is 58.6 Å². The predicted molar refractivity (Wildman–Crippen MR) is 165 cm³/mol. The molecule has 1 saturated carbocycles. The Bertz CT molecular complexity index is 1490. The minimum atomic E-state index is -0.865. The molecule has 1 N–H and O–H groups in total. The Morgan fingerprint density at radius 2 is 1.59 bits per heavy atom. The fourth-order valence-electron chi connectivity index (χ4n) is 6.20. The van der Waals surface area contributed by atoms with E-state index >= 15 is 0 Å². The molecule has 0 saturated heterocycles. The van der Waals surface area contributed by atoms with E-state index in [1.165, 1.54) is 48.8 Å². The van der Waals surface area contributed by atoms with Crippen LogP contribution in [0, 0.1) is 5.92 Å². The number of carbonyl (C=O) groups excluding carboxylic acids is 1. The van der Waals surface area contributed by atoms with E-state index in [1.807, 2.05) is 18.3 Å². The standard InChI is InChI=1S/C36H42N2O3/c1-36(2,3)31-19-16-26(17-20-31)29-18-21-32-30(23-29)24-37-38(32)33(22-25-8-5-4-6-9-25)27-12-14-28(15-13-27)34(39)10-7-11-35(40)41/h12-21,23-25,33H,4-11,22H2,1-3H3,(H,40,41). The summed E-state index contributed by atoms with van der Waals surface area (Å²) in [5.74, 6) is -0.212. The van der Waals surface area contributed by atoms with E-state index in [0.717, 1.165) is 22.9 Å². The van der Waals surface area contributed by atoms with Crippen molar-refractivity contribution in [3.8, 4) is 11.1 Å². The van der Waals surface area contributed by atoms with Gasteiger partial charge in [0.1, 0.15) is 0 Å². The maximum absolute atomic E-state index is 12.6. The van der Waals surface area contributed by atoms with Crippen molar-refractivity contribution in [2.24, 2.45) is 5.92 Å². The van der Waals surface area contributed by atoms with Crippen LogP contribution in [0.3, 0.4) is 0 Å². The maximum atomic E-state index is 12.6.